The van der Waals surface area contributed by atoms with E-state index in [1.165, 1.54) is 0 Å². The van der Waals surface area contributed by atoms with Crippen LogP contribution in [0.3, 0.4) is 0 Å². The summed E-state index contributed by atoms with van der Waals surface area (Å²) in [4.78, 5) is 23.8. The molecule has 0 saturated carbocycles. The maximum atomic E-state index is 12.2. The lowest BCUT2D eigenvalue weighted by molar-refractivity contribution is -0.122. The van der Waals surface area contributed by atoms with Crippen LogP contribution in [-0.4, -0.2) is 29.5 Å². The molecule has 0 aromatic heterocycles. The Kier molecular flexibility index (Phi) is 4.42. The van der Waals surface area contributed by atoms with Gasteiger partial charge in [-0.05, 0) is 36.8 Å². The van der Waals surface area contributed by atoms with Gasteiger partial charge in [-0.3, -0.25) is 9.59 Å². The first kappa shape index (κ1) is 14.8. The summed E-state index contributed by atoms with van der Waals surface area (Å²) >= 11 is 0. The molecule has 0 heterocycles. The molecule has 21 heavy (non-hydrogen) atoms. The molecule has 3 N–H and O–H groups in total. The highest BCUT2D eigenvalue weighted by atomic mass is 16.3. The van der Waals surface area contributed by atoms with Crippen LogP contribution in [0.1, 0.15) is 24.2 Å². The topological polar surface area (TPSA) is 78.4 Å². The Labute approximate surface area is 123 Å². The number of nitrogens with one attached hydrogen (secondary N) is 2. The van der Waals surface area contributed by atoms with E-state index in [0.29, 0.717) is 6.54 Å². The summed E-state index contributed by atoms with van der Waals surface area (Å²) in [5.41, 5.74) is 0.157. The van der Waals surface area contributed by atoms with Crippen molar-refractivity contribution in [1.82, 2.24) is 10.6 Å². The third-order valence-corrected chi connectivity index (χ3v) is 3.20. The first-order chi connectivity index (χ1) is 10.0. The van der Waals surface area contributed by atoms with Gasteiger partial charge in [-0.2, -0.15) is 0 Å². The monoisotopic (exact) mass is 286 g/mol. The standard InChI is InChI=1S/C16H18N2O3/c1-3-17-15(20)10(2)18-16(21)13-8-11-6-4-5-7-12(11)9-14(13)19/h4-10,19H,3H2,1-2H3,(H,17,20)(H,18,21). The van der Waals surface area contributed by atoms with Gasteiger partial charge in [0, 0.05) is 6.54 Å². The summed E-state index contributed by atoms with van der Waals surface area (Å²) in [6.45, 7) is 3.91. The van der Waals surface area contributed by atoms with Gasteiger partial charge >= 0.3 is 0 Å². The summed E-state index contributed by atoms with van der Waals surface area (Å²) in [6.07, 6.45) is 0. The second-order valence-corrected chi connectivity index (χ2v) is 4.81. The molecule has 2 amide bonds. The number of fused-ring (bicyclic) bond motifs is 1. The van der Waals surface area contributed by atoms with Crippen LogP contribution < -0.4 is 10.6 Å². The lowest BCUT2D eigenvalue weighted by atomic mass is 10.1. The molecule has 0 bridgehead atoms. The van der Waals surface area contributed by atoms with Crippen molar-refractivity contribution < 1.29 is 14.7 Å². The zero-order chi connectivity index (χ0) is 15.4. The fourth-order valence-electron chi connectivity index (χ4n) is 2.08. The number of carbonyl (C=O) groups excluding carboxylic acids is 2. The number of benzene rings is 2. The number of aromatic hydroxyl groups is 1. The molecule has 110 valence electrons. The lowest BCUT2D eigenvalue weighted by Gasteiger charge is -2.14. The van der Waals surface area contributed by atoms with E-state index in [-0.39, 0.29) is 17.2 Å². The fourth-order valence-corrected chi connectivity index (χ4v) is 2.08. The van der Waals surface area contributed by atoms with Gasteiger partial charge in [-0.1, -0.05) is 24.3 Å². The van der Waals surface area contributed by atoms with Crippen molar-refractivity contribution in [2.24, 2.45) is 0 Å². The molecule has 0 radical (unpaired) electrons. The zero-order valence-electron chi connectivity index (χ0n) is 12.0. The number of phenolic OH excluding ortho intramolecular Hbond substituents is 1. The number of phenols is 1. The van der Waals surface area contributed by atoms with Crippen molar-refractivity contribution in [2.45, 2.75) is 19.9 Å². The first-order valence-corrected chi connectivity index (χ1v) is 6.83. The van der Waals surface area contributed by atoms with E-state index in [9.17, 15) is 14.7 Å². The van der Waals surface area contributed by atoms with Gasteiger partial charge in [-0.15, -0.1) is 0 Å². The minimum Gasteiger partial charge on any atom is -0.507 e. The average molecular weight is 286 g/mol. The van der Waals surface area contributed by atoms with Crippen LogP contribution in [0.25, 0.3) is 10.8 Å². The first-order valence-electron chi connectivity index (χ1n) is 6.83. The highest BCUT2D eigenvalue weighted by Crippen LogP contribution is 2.24. The molecule has 0 fully saturated rings. The van der Waals surface area contributed by atoms with E-state index in [0.717, 1.165) is 10.8 Å². The normalized spacial score (nSPS) is 11.9. The summed E-state index contributed by atoms with van der Waals surface area (Å²) < 4.78 is 0. The van der Waals surface area contributed by atoms with E-state index in [1.54, 1.807) is 19.1 Å². The van der Waals surface area contributed by atoms with Crippen LogP contribution in [-0.2, 0) is 4.79 Å². The van der Waals surface area contributed by atoms with E-state index in [1.807, 2.05) is 31.2 Å². The Morgan fingerprint density at radius 3 is 2.43 bits per heavy atom. The van der Waals surface area contributed by atoms with Gasteiger partial charge in [-0.25, -0.2) is 0 Å². The predicted molar refractivity (Wildman–Crippen MR) is 81.2 cm³/mol. The third kappa shape index (κ3) is 3.31. The largest absolute Gasteiger partial charge is 0.507 e. The van der Waals surface area contributed by atoms with Gasteiger partial charge in [0.25, 0.3) is 5.91 Å². The molecule has 0 spiro atoms. The minimum atomic E-state index is -0.664. The quantitative estimate of drug-likeness (QED) is 0.802. The average Bonchev–Trinajstić information content (AvgIpc) is 2.46. The van der Waals surface area contributed by atoms with Gasteiger partial charge in [0.1, 0.15) is 11.8 Å². The number of amides is 2. The number of hydrogen-bond acceptors (Lipinski definition) is 3. The Morgan fingerprint density at radius 2 is 1.81 bits per heavy atom. The smallest absolute Gasteiger partial charge is 0.255 e. The van der Waals surface area contributed by atoms with Crippen molar-refractivity contribution in [3.05, 3.63) is 42.0 Å². The van der Waals surface area contributed by atoms with Crippen molar-refractivity contribution in [3.8, 4) is 5.75 Å². The summed E-state index contributed by atoms with van der Waals surface area (Å²) in [6, 6.07) is 9.93. The molecule has 5 heteroatoms. The van der Waals surface area contributed by atoms with E-state index in [4.69, 9.17) is 0 Å². The number of carbonyl (C=O) groups is 2. The molecular formula is C16H18N2O3. The third-order valence-electron chi connectivity index (χ3n) is 3.20. The molecule has 0 aliphatic rings. The number of rotatable bonds is 4. The highest BCUT2D eigenvalue weighted by Gasteiger charge is 2.18. The molecule has 2 rings (SSSR count). The summed E-state index contributed by atoms with van der Waals surface area (Å²) in [5.74, 6) is -0.836. The molecule has 0 aliphatic carbocycles. The molecule has 0 aliphatic heterocycles. The number of likely N-dealkylation sites (N-methyl/N-ethyl adjacent to an activating group) is 1. The lowest BCUT2D eigenvalue weighted by Crippen LogP contribution is -2.44. The molecule has 2 aromatic rings. The fraction of sp³-hybridized carbons (Fsp3) is 0.250. The summed E-state index contributed by atoms with van der Waals surface area (Å²) in [5, 5.41) is 16.9. The molecule has 0 saturated heterocycles. The molecule has 1 atom stereocenters. The second kappa shape index (κ2) is 6.26. The second-order valence-electron chi connectivity index (χ2n) is 4.81. The highest BCUT2D eigenvalue weighted by molar-refractivity contribution is 6.03. The zero-order valence-corrected chi connectivity index (χ0v) is 12.0. The van der Waals surface area contributed by atoms with Crippen LogP contribution in [0.2, 0.25) is 0 Å². The van der Waals surface area contributed by atoms with Gasteiger partial charge < -0.3 is 15.7 Å². The van der Waals surface area contributed by atoms with Gasteiger partial charge in [0.15, 0.2) is 0 Å². The van der Waals surface area contributed by atoms with Crippen molar-refractivity contribution >= 4 is 22.6 Å². The van der Waals surface area contributed by atoms with Crippen molar-refractivity contribution in [3.63, 3.8) is 0 Å². The molecular weight excluding hydrogens is 268 g/mol. The Balaban J connectivity index is 2.23. The Morgan fingerprint density at radius 1 is 1.19 bits per heavy atom. The molecule has 1 unspecified atom stereocenters. The van der Waals surface area contributed by atoms with Crippen LogP contribution in [0.15, 0.2) is 36.4 Å². The SMILES string of the molecule is CCNC(=O)C(C)NC(=O)c1cc2ccccc2cc1O. The van der Waals surface area contributed by atoms with Gasteiger partial charge in [0.2, 0.25) is 5.91 Å². The van der Waals surface area contributed by atoms with Crippen LogP contribution in [0.5, 0.6) is 5.75 Å². The van der Waals surface area contributed by atoms with Crippen LogP contribution in [0.4, 0.5) is 0 Å². The van der Waals surface area contributed by atoms with Gasteiger partial charge in [0.05, 0.1) is 5.56 Å². The summed E-state index contributed by atoms with van der Waals surface area (Å²) in [7, 11) is 0. The number of hydrogen-bond donors (Lipinski definition) is 3. The predicted octanol–water partition coefficient (Wildman–Crippen LogP) is 1.80. The van der Waals surface area contributed by atoms with Crippen LogP contribution in [0, 0.1) is 0 Å². The Bertz CT molecular complexity index is 682. The Hall–Kier alpha value is -2.56. The van der Waals surface area contributed by atoms with E-state index < -0.39 is 11.9 Å². The minimum absolute atomic E-state index is 0.103. The van der Waals surface area contributed by atoms with E-state index in [2.05, 4.69) is 10.6 Å². The van der Waals surface area contributed by atoms with Crippen molar-refractivity contribution in [1.29, 1.82) is 0 Å². The van der Waals surface area contributed by atoms with Crippen LogP contribution >= 0.6 is 0 Å². The maximum Gasteiger partial charge on any atom is 0.255 e. The van der Waals surface area contributed by atoms with Crippen molar-refractivity contribution in [2.75, 3.05) is 6.54 Å². The molecule has 5 nitrogen and oxygen atoms in total. The molecule has 2 aromatic carbocycles. The van der Waals surface area contributed by atoms with E-state index >= 15 is 0 Å². The maximum absolute atomic E-state index is 12.2.